The number of benzene rings is 1. The third-order valence-corrected chi connectivity index (χ3v) is 3.28. The maximum absolute atomic E-state index is 12.0. The molecule has 1 amide bonds. The van der Waals surface area contributed by atoms with Gasteiger partial charge in [0.2, 0.25) is 0 Å². The van der Waals surface area contributed by atoms with Gasteiger partial charge in [-0.2, -0.15) is 11.8 Å². The second-order valence-electron chi connectivity index (χ2n) is 3.64. The van der Waals surface area contributed by atoms with Crippen LogP contribution in [-0.4, -0.2) is 41.3 Å². The first-order chi connectivity index (χ1) is 8.47. The van der Waals surface area contributed by atoms with Crippen LogP contribution in [0.5, 0.6) is 0 Å². The maximum atomic E-state index is 12.0. The van der Waals surface area contributed by atoms with Crippen LogP contribution in [0.4, 0.5) is 5.69 Å². The quantitative estimate of drug-likeness (QED) is 0.617. The lowest BCUT2D eigenvalue weighted by molar-refractivity contribution is -0.384. The van der Waals surface area contributed by atoms with Crippen molar-refractivity contribution < 1.29 is 9.72 Å². The van der Waals surface area contributed by atoms with Crippen LogP contribution in [0.1, 0.15) is 10.4 Å². The predicted molar refractivity (Wildman–Crippen MR) is 73.4 cm³/mol. The van der Waals surface area contributed by atoms with Crippen molar-refractivity contribution in [1.29, 1.82) is 0 Å². The molecule has 0 saturated carbocycles. The Kier molecular flexibility index (Phi) is 5.43. The number of nitrogens with zero attached hydrogens (tertiary/aromatic N) is 2. The molecule has 0 aliphatic rings. The molecule has 0 spiro atoms. The first-order valence-electron chi connectivity index (χ1n) is 5.15. The summed E-state index contributed by atoms with van der Waals surface area (Å²) in [6.45, 7) is 0.594. The highest BCUT2D eigenvalue weighted by molar-refractivity contribution is 7.98. The Morgan fingerprint density at radius 3 is 2.78 bits per heavy atom. The van der Waals surface area contributed by atoms with Crippen LogP contribution in [0.25, 0.3) is 0 Å². The zero-order chi connectivity index (χ0) is 13.7. The minimum atomic E-state index is -0.596. The van der Waals surface area contributed by atoms with Crippen molar-refractivity contribution in [3.05, 3.63) is 38.9 Å². The molecule has 0 aliphatic heterocycles. The molecule has 0 aromatic heterocycles. The Morgan fingerprint density at radius 1 is 1.56 bits per heavy atom. The van der Waals surface area contributed by atoms with Crippen LogP contribution in [0.2, 0.25) is 5.02 Å². The molecule has 1 aromatic carbocycles. The van der Waals surface area contributed by atoms with Gasteiger partial charge in [0.25, 0.3) is 11.6 Å². The molecule has 7 heteroatoms. The molecular formula is C11H13ClN2O3S. The fraction of sp³-hybridized carbons (Fsp3) is 0.364. The monoisotopic (exact) mass is 288 g/mol. The first kappa shape index (κ1) is 14.8. The van der Waals surface area contributed by atoms with E-state index in [9.17, 15) is 14.9 Å². The largest absolute Gasteiger partial charge is 0.341 e. The third-order valence-electron chi connectivity index (χ3n) is 2.37. The first-order valence-corrected chi connectivity index (χ1v) is 6.93. The van der Waals surface area contributed by atoms with Crippen molar-refractivity contribution in [3.63, 3.8) is 0 Å². The summed E-state index contributed by atoms with van der Waals surface area (Å²) < 4.78 is 0. The van der Waals surface area contributed by atoms with Crippen LogP contribution < -0.4 is 0 Å². The maximum Gasteiger partial charge on any atom is 0.288 e. The topological polar surface area (TPSA) is 63.5 Å². The molecule has 0 unspecified atom stereocenters. The summed E-state index contributed by atoms with van der Waals surface area (Å²) in [6, 6.07) is 4.07. The summed E-state index contributed by atoms with van der Waals surface area (Å²) in [6.07, 6.45) is 1.95. The van der Waals surface area contributed by atoms with Crippen molar-refractivity contribution in [1.82, 2.24) is 4.90 Å². The van der Waals surface area contributed by atoms with Gasteiger partial charge in [0.15, 0.2) is 0 Å². The van der Waals surface area contributed by atoms with Gasteiger partial charge in [0.05, 0.1) is 4.92 Å². The van der Waals surface area contributed by atoms with E-state index in [0.717, 1.165) is 5.75 Å². The van der Waals surface area contributed by atoms with E-state index in [4.69, 9.17) is 11.6 Å². The van der Waals surface area contributed by atoms with E-state index in [-0.39, 0.29) is 22.2 Å². The molecule has 0 saturated heterocycles. The van der Waals surface area contributed by atoms with Crippen molar-refractivity contribution in [2.75, 3.05) is 25.6 Å². The number of nitro groups is 1. The van der Waals surface area contributed by atoms with Crippen LogP contribution in [0.3, 0.4) is 0 Å². The van der Waals surface area contributed by atoms with Gasteiger partial charge in [-0.15, -0.1) is 0 Å². The fourth-order valence-corrected chi connectivity index (χ4v) is 1.98. The Balaban J connectivity index is 2.93. The summed E-state index contributed by atoms with van der Waals surface area (Å²) in [5.41, 5.74) is 0.0236. The highest BCUT2D eigenvalue weighted by Crippen LogP contribution is 2.25. The average Bonchev–Trinajstić information content (AvgIpc) is 2.35. The van der Waals surface area contributed by atoms with Gasteiger partial charge in [-0.1, -0.05) is 11.6 Å². The number of hydrogen-bond acceptors (Lipinski definition) is 4. The summed E-state index contributed by atoms with van der Waals surface area (Å²) in [7, 11) is 1.67. The number of rotatable bonds is 5. The molecule has 1 rings (SSSR count). The number of amides is 1. The van der Waals surface area contributed by atoms with Gasteiger partial charge in [0, 0.05) is 31.0 Å². The summed E-state index contributed by atoms with van der Waals surface area (Å²) in [5, 5.41) is 10.8. The molecule has 1 aromatic rings. The summed E-state index contributed by atoms with van der Waals surface area (Å²) >= 11 is 7.32. The Labute approximate surface area is 114 Å². The molecule has 0 radical (unpaired) electrons. The zero-order valence-corrected chi connectivity index (χ0v) is 11.6. The SMILES string of the molecule is CSCCN(C)C(=O)c1ccc(Cl)c([N+](=O)[O-])c1. The lowest BCUT2D eigenvalue weighted by Crippen LogP contribution is -2.28. The van der Waals surface area contributed by atoms with Crippen LogP contribution in [0, 0.1) is 10.1 Å². The lowest BCUT2D eigenvalue weighted by Gasteiger charge is -2.16. The molecule has 18 heavy (non-hydrogen) atoms. The van der Waals surface area contributed by atoms with Crippen LogP contribution in [-0.2, 0) is 0 Å². The number of halogens is 1. The standard InChI is InChI=1S/C11H13ClN2O3S/c1-13(5-6-18-2)11(15)8-3-4-9(12)10(7-8)14(16)17/h3-4,7H,5-6H2,1-2H3. The molecule has 98 valence electrons. The number of hydrogen-bond donors (Lipinski definition) is 0. The van der Waals surface area contributed by atoms with Gasteiger partial charge >= 0.3 is 0 Å². The van der Waals surface area contributed by atoms with E-state index in [2.05, 4.69) is 0 Å². The average molecular weight is 289 g/mol. The van der Waals surface area contributed by atoms with E-state index in [0.29, 0.717) is 6.54 Å². The Hall–Kier alpha value is -1.27. The number of thioether (sulfide) groups is 1. The summed E-state index contributed by atoms with van der Waals surface area (Å²) in [4.78, 5) is 23.7. The molecule has 0 N–H and O–H groups in total. The third kappa shape index (κ3) is 3.61. The zero-order valence-electron chi connectivity index (χ0n) is 10.1. The van der Waals surface area contributed by atoms with E-state index in [1.54, 1.807) is 18.8 Å². The molecular weight excluding hydrogens is 276 g/mol. The second-order valence-corrected chi connectivity index (χ2v) is 5.04. The molecule has 0 bridgehead atoms. The highest BCUT2D eigenvalue weighted by Gasteiger charge is 2.18. The number of nitro benzene ring substituents is 1. The van der Waals surface area contributed by atoms with Crippen LogP contribution in [0.15, 0.2) is 18.2 Å². The lowest BCUT2D eigenvalue weighted by atomic mass is 10.2. The molecule has 0 aliphatic carbocycles. The van der Waals surface area contributed by atoms with Crippen molar-refractivity contribution >= 4 is 35.0 Å². The van der Waals surface area contributed by atoms with E-state index in [1.807, 2.05) is 6.26 Å². The van der Waals surface area contributed by atoms with Crippen LogP contribution >= 0.6 is 23.4 Å². The number of carbonyl (C=O) groups is 1. The van der Waals surface area contributed by atoms with Gasteiger partial charge in [-0.05, 0) is 18.4 Å². The van der Waals surface area contributed by atoms with Gasteiger partial charge in [-0.3, -0.25) is 14.9 Å². The minimum absolute atomic E-state index is 0.0308. The minimum Gasteiger partial charge on any atom is -0.341 e. The normalized spacial score (nSPS) is 10.2. The molecule has 5 nitrogen and oxygen atoms in total. The highest BCUT2D eigenvalue weighted by atomic mass is 35.5. The Bertz CT molecular complexity index is 468. The molecule has 0 heterocycles. The smallest absolute Gasteiger partial charge is 0.288 e. The van der Waals surface area contributed by atoms with Gasteiger partial charge in [-0.25, -0.2) is 0 Å². The second kappa shape index (κ2) is 6.61. The van der Waals surface area contributed by atoms with E-state index < -0.39 is 4.92 Å². The molecule has 0 fully saturated rings. The fourth-order valence-electron chi connectivity index (χ4n) is 1.34. The van der Waals surface area contributed by atoms with Gasteiger partial charge in [0.1, 0.15) is 5.02 Å². The van der Waals surface area contributed by atoms with E-state index in [1.165, 1.54) is 23.1 Å². The van der Waals surface area contributed by atoms with Crippen molar-refractivity contribution in [2.45, 2.75) is 0 Å². The van der Waals surface area contributed by atoms with E-state index >= 15 is 0 Å². The van der Waals surface area contributed by atoms with Crippen molar-refractivity contribution in [2.24, 2.45) is 0 Å². The van der Waals surface area contributed by atoms with Gasteiger partial charge < -0.3 is 4.90 Å². The summed E-state index contributed by atoms with van der Waals surface area (Å²) in [5.74, 6) is 0.571. The number of carbonyl (C=O) groups excluding carboxylic acids is 1. The molecule has 0 atom stereocenters. The van der Waals surface area contributed by atoms with Crippen molar-refractivity contribution in [3.8, 4) is 0 Å². The Morgan fingerprint density at radius 2 is 2.22 bits per heavy atom. The predicted octanol–water partition coefficient (Wildman–Crippen LogP) is 2.68.